The molecule has 0 aliphatic carbocycles. The fourth-order valence-electron chi connectivity index (χ4n) is 1.65. The molecule has 1 amide bonds. The zero-order valence-electron chi connectivity index (χ0n) is 11.9. The minimum Gasteiger partial charge on any atom is -0.348 e. The van der Waals surface area contributed by atoms with Crippen molar-refractivity contribution in [1.29, 1.82) is 0 Å². The second-order valence-corrected chi connectivity index (χ2v) is 5.08. The minimum atomic E-state index is -0.214. The highest BCUT2D eigenvalue weighted by Gasteiger charge is 2.11. The van der Waals surface area contributed by atoms with Crippen LogP contribution in [-0.2, 0) is 0 Å². The van der Waals surface area contributed by atoms with Gasteiger partial charge in [0, 0.05) is 12.1 Å². The summed E-state index contributed by atoms with van der Waals surface area (Å²) >= 11 is 6.08. The molecule has 0 saturated heterocycles. The lowest BCUT2D eigenvalue weighted by molar-refractivity contribution is 0.0934. The molecule has 1 aromatic heterocycles. The van der Waals surface area contributed by atoms with E-state index in [4.69, 9.17) is 11.6 Å². The number of nitrogens with zero attached hydrogens (tertiary/aromatic N) is 2. The summed E-state index contributed by atoms with van der Waals surface area (Å²) in [5.74, 6) is 0.307. The molecule has 1 unspecified atom stereocenters. The standard InChI is InChI=1S/C15H17ClN4O/c1-3-10(2)19-15(21)13-8-14(18-9-17-13)20-12-7-5-4-6-11(12)16/h4-10H,3H2,1-2H3,(H,19,21)(H,17,18,20). The molecule has 2 aromatic rings. The van der Waals surface area contributed by atoms with Crippen LogP contribution in [0.15, 0.2) is 36.7 Å². The lowest BCUT2D eigenvalue weighted by Crippen LogP contribution is -2.32. The Hall–Kier alpha value is -2.14. The number of anilines is 2. The van der Waals surface area contributed by atoms with Gasteiger partial charge in [-0.25, -0.2) is 9.97 Å². The fourth-order valence-corrected chi connectivity index (χ4v) is 1.83. The number of carbonyl (C=O) groups excluding carboxylic acids is 1. The molecular weight excluding hydrogens is 288 g/mol. The molecule has 2 rings (SSSR count). The number of carbonyl (C=O) groups is 1. The molecule has 0 aliphatic rings. The van der Waals surface area contributed by atoms with Crippen LogP contribution in [0.2, 0.25) is 5.02 Å². The first-order valence-electron chi connectivity index (χ1n) is 6.74. The molecule has 0 bridgehead atoms. The van der Waals surface area contributed by atoms with Gasteiger partial charge >= 0.3 is 0 Å². The number of aromatic nitrogens is 2. The van der Waals surface area contributed by atoms with Crippen LogP contribution < -0.4 is 10.6 Å². The Morgan fingerprint density at radius 1 is 1.33 bits per heavy atom. The molecule has 21 heavy (non-hydrogen) atoms. The van der Waals surface area contributed by atoms with Crippen LogP contribution in [0.4, 0.5) is 11.5 Å². The van der Waals surface area contributed by atoms with Gasteiger partial charge in [0.15, 0.2) is 0 Å². The van der Waals surface area contributed by atoms with E-state index < -0.39 is 0 Å². The van der Waals surface area contributed by atoms with Crippen LogP contribution in [-0.4, -0.2) is 21.9 Å². The summed E-state index contributed by atoms with van der Waals surface area (Å²) in [6, 6.07) is 9.03. The Labute approximate surface area is 128 Å². The van der Waals surface area contributed by atoms with Crippen molar-refractivity contribution >= 4 is 29.0 Å². The predicted octanol–water partition coefficient (Wildman–Crippen LogP) is 3.40. The molecule has 1 aromatic carbocycles. The van der Waals surface area contributed by atoms with Gasteiger partial charge in [-0.05, 0) is 25.5 Å². The van der Waals surface area contributed by atoms with Crippen molar-refractivity contribution in [2.45, 2.75) is 26.3 Å². The number of hydrogen-bond acceptors (Lipinski definition) is 4. The average Bonchev–Trinajstić information content (AvgIpc) is 2.49. The van der Waals surface area contributed by atoms with Gasteiger partial charge in [-0.15, -0.1) is 0 Å². The smallest absolute Gasteiger partial charge is 0.270 e. The second-order valence-electron chi connectivity index (χ2n) is 4.68. The molecule has 6 heteroatoms. The topological polar surface area (TPSA) is 66.9 Å². The van der Waals surface area contributed by atoms with Crippen LogP contribution in [0, 0.1) is 0 Å². The molecule has 0 spiro atoms. The fraction of sp³-hybridized carbons (Fsp3) is 0.267. The van der Waals surface area contributed by atoms with Crippen LogP contribution >= 0.6 is 11.6 Å². The van der Waals surface area contributed by atoms with Crippen LogP contribution in [0.25, 0.3) is 0 Å². The number of amides is 1. The summed E-state index contributed by atoms with van der Waals surface area (Å²) < 4.78 is 0. The lowest BCUT2D eigenvalue weighted by Gasteiger charge is -2.11. The quantitative estimate of drug-likeness (QED) is 0.888. The van der Waals surface area contributed by atoms with Crippen molar-refractivity contribution in [2.75, 3.05) is 5.32 Å². The molecule has 0 saturated carbocycles. The van der Waals surface area contributed by atoms with Gasteiger partial charge in [0.25, 0.3) is 5.91 Å². The highest BCUT2D eigenvalue weighted by Crippen LogP contribution is 2.23. The lowest BCUT2D eigenvalue weighted by atomic mass is 10.2. The van der Waals surface area contributed by atoms with Crippen molar-refractivity contribution in [3.63, 3.8) is 0 Å². The van der Waals surface area contributed by atoms with Crippen molar-refractivity contribution in [3.8, 4) is 0 Å². The highest BCUT2D eigenvalue weighted by molar-refractivity contribution is 6.33. The Bertz CT molecular complexity index is 633. The van der Waals surface area contributed by atoms with Gasteiger partial charge in [0.1, 0.15) is 17.8 Å². The van der Waals surface area contributed by atoms with Crippen LogP contribution in [0.1, 0.15) is 30.8 Å². The summed E-state index contributed by atoms with van der Waals surface area (Å²) in [5.41, 5.74) is 1.05. The largest absolute Gasteiger partial charge is 0.348 e. The van der Waals surface area contributed by atoms with E-state index in [1.165, 1.54) is 6.33 Å². The molecule has 0 radical (unpaired) electrons. The first kappa shape index (κ1) is 15.3. The summed E-state index contributed by atoms with van der Waals surface area (Å²) in [7, 11) is 0. The van der Waals surface area contributed by atoms with Crippen molar-refractivity contribution < 1.29 is 4.79 Å². The summed E-state index contributed by atoms with van der Waals surface area (Å²) in [4.78, 5) is 20.1. The van der Waals surface area contributed by atoms with Crippen LogP contribution in [0.5, 0.6) is 0 Å². The molecule has 0 fully saturated rings. The highest BCUT2D eigenvalue weighted by atomic mass is 35.5. The van der Waals surface area contributed by atoms with Gasteiger partial charge in [-0.1, -0.05) is 30.7 Å². The Morgan fingerprint density at radius 2 is 2.10 bits per heavy atom. The van der Waals surface area contributed by atoms with Gasteiger partial charge in [0.05, 0.1) is 10.7 Å². The third-order valence-corrected chi connectivity index (χ3v) is 3.36. The monoisotopic (exact) mass is 304 g/mol. The van der Waals surface area contributed by atoms with E-state index in [1.807, 2.05) is 32.0 Å². The van der Waals surface area contributed by atoms with E-state index in [1.54, 1.807) is 12.1 Å². The Morgan fingerprint density at radius 3 is 2.81 bits per heavy atom. The molecular formula is C15H17ClN4O. The molecule has 2 N–H and O–H groups in total. The zero-order chi connectivity index (χ0) is 15.2. The molecule has 0 aliphatic heterocycles. The maximum atomic E-state index is 12.0. The van der Waals surface area contributed by atoms with Crippen molar-refractivity contribution in [3.05, 3.63) is 47.4 Å². The third-order valence-electron chi connectivity index (χ3n) is 3.03. The van der Waals surface area contributed by atoms with Gasteiger partial charge in [-0.3, -0.25) is 4.79 Å². The number of para-hydroxylation sites is 1. The van der Waals surface area contributed by atoms with Crippen molar-refractivity contribution in [1.82, 2.24) is 15.3 Å². The summed E-state index contributed by atoms with van der Waals surface area (Å²) in [5, 5.41) is 6.52. The molecule has 1 heterocycles. The number of rotatable bonds is 5. The SMILES string of the molecule is CCC(C)NC(=O)c1cc(Nc2ccccc2Cl)ncn1. The zero-order valence-corrected chi connectivity index (χ0v) is 12.7. The first-order valence-corrected chi connectivity index (χ1v) is 7.12. The molecule has 5 nitrogen and oxygen atoms in total. The maximum Gasteiger partial charge on any atom is 0.270 e. The summed E-state index contributed by atoms with van der Waals surface area (Å²) in [6.07, 6.45) is 2.21. The van der Waals surface area contributed by atoms with Gasteiger partial charge < -0.3 is 10.6 Å². The average molecular weight is 305 g/mol. The van der Waals surface area contributed by atoms with Crippen LogP contribution in [0.3, 0.4) is 0 Å². The number of nitrogens with one attached hydrogen (secondary N) is 2. The van der Waals surface area contributed by atoms with E-state index in [0.29, 0.717) is 16.5 Å². The number of halogens is 1. The maximum absolute atomic E-state index is 12.0. The van der Waals surface area contributed by atoms with Gasteiger partial charge in [-0.2, -0.15) is 0 Å². The van der Waals surface area contributed by atoms with E-state index in [0.717, 1.165) is 12.1 Å². The Balaban J connectivity index is 2.14. The molecule has 1 atom stereocenters. The van der Waals surface area contributed by atoms with E-state index >= 15 is 0 Å². The Kier molecular flexibility index (Phi) is 5.11. The third kappa shape index (κ3) is 4.16. The summed E-state index contributed by atoms with van der Waals surface area (Å²) in [6.45, 7) is 3.96. The van der Waals surface area contributed by atoms with E-state index in [9.17, 15) is 4.79 Å². The molecule has 110 valence electrons. The van der Waals surface area contributed by atoms with Gasteiger partial charge in [0.2, 0.25) is 0 Å². The first-order chi connectivity index (χ1) is 10.1. The number of benzene rings is 1. The normalized spacial score (nSPS) is 11.8. The second kappa shape index (κ2) is 7.04. The van der Waals surface area contributed by atoms with Crippen molar-refractivity contribution in [2.24, 2.45) is 0 Å². The minimum absolute atomic E-state index is 0.104. The number of hydrogen-bond donors (Lipinski definition) is 2. The van der Waals surface area contributed by atoms with E-state index in [-0.39, 0.29) is 11.9 Å². The van der Waals surface area contributed by atoms with E-state index in [2.05, 4.69) is 20.6 Å². The predicted molar refractivity (Wildman–Crippen MR) is 84.0 cm³/mol.